The Morgan fingerprint density at radius 3 is 2.74 bits per heavy atom. The molecule has 0 spiro atoms. The lowest BCUT2D eigenvalue weighted by molar-refractivity contribution is 0.0999. The van der Waals surface area contributed by atoms with Crippen molar-refractivity contribution in [2.75, 3.05) is 0 Å². The van der Waals surface area contributed by atoms with Gasteiger partial charge in [0.25, 0.3) is 0 Å². The normalized spacial score (nSPS) is 12.6. The van der Waals surface area contributed by atoms with Crippen molar-refractivity contribution in [1.29, 1.82) is 5.41 Å². The fourth-order valence-electron chi connectivity index (χ4n) is 2.85. The summed E-state index contributed by atoms with van der Waals surface area (Å²) in [6.07, 6.45) is 7.08. The summed E-state index contributed by atoms with van der Waals surface area (Å²) in [6.45, 7) is 1.95. The first-order valence-corrected chi connectivity index (χ1v) is 7.50. The smallest absolute Gasteiger partial charge is 0.249 e. The fraction of sp³-hybridized carbons (Fsp3) is 0.158. The minimum absolute atomic E-state index is 0.456. The summed E-state index contributed by atoms with van der Waals surface area (Å²) in [4.78, 5) is 11.7. The van der Waals surface area contributed by atoms with Crippen LogP contribution in [0.2, 0.25) is 0 Å². The second-order valence-corrected chi connectivity index (χ2v) is 5.67. The molecule has 0 radical (unpaired) electrons. The molecule has 0 fully saturated rings. The van der Waals surface area contributed by atoms with Crippen molar-refractivity contribution in [3.05, 3.63) is 64.2 Å². The maximum absolute atomic E-state index is 11.7. The van der Waals surface area contributed by atoms with E-state index in [4.69, 9.17) is 15.9 Å². The zero-order chi connectivity index (χ0) is 16.4. The summed E-state index contributed by atoms with van der Waals surface area (Å²) in [7, 11) is 0. The summed E-state index contributed by atoms with van der Waals surface area (Å²) in [5.74, 6) is 0.780. The third-order valence-electron chi connectivity index (χ3n) is 3.85. The van der Waals surface area contributed by atoms with Gasteiger partial charge in [-0.3, -0.25) is 4.79 Å². The number of hydrogen-bond acceptors (Lipinski definition) is 3. The molecule has 1 aliphatic carbocycles. The highest BCUT2D eigenvalue weighted by Crippen LogP contribution is 2.31. The van der Waals surface area contributed by atoms with Gasteiger partial charge in [-0.1, -0.05) is 18.2 Å². The van der Waals surface area contributed by atoms with Gasteiger partial charge in [0, 0.05) is 6.21 Å². The van der Waals surface area contributed by atoms with Gasteiger partial charge < -0.3 is 15.9 Å². The molecule has 3 N–H and O–H groups in total. The Morgan fingerprint density at radius 1 is 1.22 bits per heavy atom. The third-order valence-corrected chi connectivity index (χ3v) is 3.85. The lowest BCUT2D eigenvalue weighted by atomic mass is 9.92. The van der Waals surface area contributed by atoms with Gasteiger partial charge in [-0.15, -0.1) is 0 Å². The van der Waals surface area contributed by atoms with Gasteiger partial charge in [0.2, 0.25) is 5.91 Å². The average molecular weight is 306 g/mol. The van der Waals surface area contributed by atoms with E-state index in [0.29, 0.717) is 17.1 Å². The monoisotopic (exact) mass is 306 g/mol. The number of carbonyl (C=O) groups is 1. The first kappa shape index (κ1) is 15.0. The van der Waals surface area contributed by atoms with E-state index < -0.39 is 5.91 Å². The molecule has 116 valence electrons. The third kappa shape index (κ3) is 3.16. The van der Waals surface area contributed by atoms with Crippen molar-refractivity contribution in [3.8, 4) is 11.5 Å². The highest BCUT2D eigenvalue weighted by molar-refractivity contribution is 5.97. The molecule has 3 rings (SSSR count). The van der Waals surface area contributed by atoms with E-state index in [2.05, 4.69) is 0 Å². The minimum Gasteiger partial charge on any atom is -0.457 e. The van der Waals surface area contributed by atoms with Gasteiger partial charge >= 0.3 is 0 Å². The Labute approximate surface area is 135 Å². The Balaban J connectivity index is 2.02. The van der Waals surface area contributed by atoms with E-state index in [1.165, 1.54) is 6.21 Å². The largest absolute Gasteiger partial charge is 0.457 e. The second kappa shape index (κ2) is 6.08. The molecule has 0 unspecified atom stereocenters. The summed E-state index contributed by atoms with van der Waals surface area (Å²) in [6, 6.07) is 9.24. The molecular weight excluding hydrogens is 288 g/mol. The predicted molar refractivity (Wildman–Crippen MR) is 91.5 cm³/mol. The van der Waals surface area contributed by atoms with Crippen LogP contribution in [0.3, 0.4) is 0 Å². The van der Waals surface area contributed by atoms with E-state index in [1.54, 1.807) is 12.1 Å². The number of rotatable bonds is 4. The van der Waals surface area contributed by atoms with Crippen LogP contribution in [0.15, 0.2) is 36.4 Å². The minimum atomic E-state index is -0.456. The Kier molecular flexibility index (Phi) is 3.98. The molecular formula is C19H18N2O2. The lowest BCUT2D eigenvalue weighted by Crippen LogP contribution is -2.14. The topological polar surface area (TPSA) is 76.2 Å². The quantitative estimate of drug-likeness (QED) is 0.842. The van der Waals surface area contributed by atoms with Crippen LogP contribution < -0.4 is 10.5 Å². The first-order chi connectivity index (χ1) is 11.1. The van der Waals surface area contributed by atoms with E-state index in [0.717, 1.165) is 35.1 Å². The van der Waals surface area contributed by atoms with Crippen LogP contribution in [0.25, 0.3) is 6.08 Å². The van der Waals surface area contributed by atoms with Gasteiger partial charge in [0.05, 0.1) is 5.56 Å². The molecule has 4 nitrogen and oxygen atoms in total. The Bertz CT molecular complexity index is 822. The van der Waals surface area contributed by atoms with Crippen molar-refractivity contribution < 1.29 is 9.53 Å². The van der Waals surface area contributed by atoms with E-state index in [1.807, 2.05) is 37.3 Å². The molecule has 0 aliphatic heterocycles. The highest BCUT2D eigenvalue weighted by atomic mass is 16.5. The van der Waals surface area contributed by atoms with Crippen molar-refractivity contribution in [1.82, 2.24) is 0 Å². The molecule has 2 aromatic carbocycles. The molecule has 0 aromatic heterocycles. The average Bonchev–Trinajstić information content (AvgIpc) is 2.53. The van der Waals surface area contributed by atoms with Crippen LogP contribution in [0, 0.1) is 12.3 Å². The van der Waals surface area contributed by atoms with Crippen LogP contribution in [0.1, 0.15) is 39.0 Å². The van der Waals surface area contributed by atoms with Crippen LogP contribution in [-0.2, 0) is 6.42 Å². The van der Waals surface area contributed by atoms with Gasteiger partial charge in [-0.2, -0.15) is 0 Å². The molecule has 4 heteroatoms. The Hall–Kier alpha value is -2.88. The molecule has 1 aliphatic rings. The second-order valence-electron chi connectivity index (χ2n) is 5.67. The van der Waals surface area contributed by atoms with Gasteiger partial charge in [0.1, 0.15) is 11.5 Å². The number of aryl methyl sites for hydroxylation is 2. The number of hydrogen-bond donors (Lipinski definition) is 2. The van der Waals surface area contributed by atoms with Gasteiger partial charge in [-0.05, 0) is 66.3 Å². The van der Waals surface area contributed by atoms with Crippen LogP contribution >= 0.6 is 0 Å². The first-order valence-electron chi connectivity index (χ1n) is 7.50. The van der Waals surface area contributed by atoms with E-state index in [9.17, 15) is 4.79 Å². The van der Waals surface area contributed by atoms with Crippen molar-refractivity contribution >= 4 is 18.2 Å². The molecule has 0 saturated heterocycles. The summed E-state index contributed by atoms with van der Waals surface area (Å²) >= 11 is 0. The number of benzene rings is 2. The maximum Gasteiger partial charge on any atom is 0.249 e. The van der Waals surface area contributed by atoms with Crippen LogP contribution in [-0.4, -0.2) is 12.1 Å². The summed E-state index contributed by atoms with van der Waals surface area (Å²) in [5, 5.41) is 7.38. The SMILES string of the molecule is Cc1cc(C=N)cc(Oc2cc3c(c(C(N)=O)c2)C=CCC3)c1. The Morgan fingerprint density at radius 2 is 2.00 bits per heavy atom. The number of primary amides is 1. The standard InChI is InChI=1S/C19H18N2O2/c1-12-6-13(11-20)8-15(7-12)23-16-9-14-4-2-3-5-17(14)18(10-16)19(21)22/h3,5-11,20H,2,4H2,1H3,(H2,21,22). The van der Waals surface area contributed by atoms with Crippen molar-refractivity contribution in [2.24, 2.45) is 5.73 Å². The molecule has 0 heterocycles. The summed E-state index contributed by atoms with van der Waals surface area (Å²) < 4.78 is 5.92. The number of nitrogens with two attached hydrogens (primary N) is 1. The van der Waals surface area contributed by atoms with Gasteiger partial charge in [0.15, 0.2) is 0 Å². The number of allylic oxidation sites excluding steroid dienone is 1. The van der Waals surface area contributed by atoms with Crippen molar-refractivity contribution in [3.63, 3.8) is 0 Å². The molecule has 0 bridgehead atoms. The number of carbonyl (C=O) groups excluding carboxylic acids is 1. The molecule has 0 atom stereocenters. The zero-order valence-electron chi connectivity index (χ0n) is 12.9. The lowest BCUT2D eigenvalue weighted by Gasteiger charge is -2.16. The molecule has 1 amide bonds. The number of nitrogens with one attached hydrogen (secondary N) is 1. The van der Waals surface area contributed by atoms with E-state index in [-0.39, 0.29) is 0 Å². The van der Waals surface area contributed by atoms with Gasteiger partial charge in [-0.25, -0.2) is 0 Å². The zero-order valence-corrected chi connectivity index (χ0v) is 12.9. The number of ether oxygens (including phenoxy) is 1. The predicted octanol–water partition coefficient (Wildman–Crippen LogP) is 3.84. The maximum atomic E-state index is 11.7. The number of fused-ring (bicyclic) bond motifs is 1. The molecule has 23 heavy (non-hydrogen) atoms. The van der Waals surface area contributed by atoms with Crippen LogP contribution in [0.4, 0.5) is 0 Å². The van der Waals surface area contributed by atoms with Crippen molar-refractivity contribution in [2.45, 2.75) is 19.8 Å². The molecule has 2 aromatic rings. The number of amides is 1. The highest BCUT2D eigenvalue weighted by Gasteiger charge is 2.16. The van der Waals surface area contributed by atoms with Crippen LogP contribution in [0.5, 0.6) is 11.5 Å². The van der Waals surface area contributed by atoms with E-state index >= 15 is 0 Å². The fourth-order valence-corrected chi connectivity index (χ4v) is 2.85. The summed E-state index contributed by atoms with van der Waals surface area (Å²) in [5.41, 5.74) is 9.73. The molecule has 0 saturated carbocycles.